The van der Waals surface area contributed by atoms with Crippen LogP contribution in [0.15, 0.2) is 40.4 Å². The summed E-state index contributed by atoms with van der Waals surface area (Å²) in [6.07, 6.45) is 0. The third kappa shape index (κ3) is 3.66. The van der Waals surface area contributed by atoms with Crippen molar-refractivity contribution in [1.82, 2.24) is 0 Å². The second-order valence-corrected chi connectivity index (χ2v) is 6.17. The molecule has 0 spiro atoms. The average molecular weight is 279 g/mol. The molecule has 2 rings (SSSR count). The largest absolute Gasteiger partial charge is 0.478 e. The van der Waals surface area contributed by atoms with E-state index in [4.69, 9.17) is 9.57 Å². The summed E-state index contributed by atoms with van der Waals surface area (Å²) in [7, 11) is 1.57. The molecule has 0 unspecified atom stereocenters. The van der Waals surface area contributed by atoms with Crippen molar-refractivity contribution < 1.29 is 9.57 Å². The highest BCUT2D eigenvalue weighted by atomic mass is 32.2. The molecule has 1 heterocycles. The maximum absolute atomic E-state index is 5.68. The van der Waals surface area contributed by atoms with E-state index in [0.29, 0.717) is 17.8 Å². The summed E-state index contributed by atoms with van der Waals surface area (Å²) < 4.78 is 5.68. The van der Waals surface area contributed by atoms with Gasteiger partial charge >= 0.3 is 0 Å². The van der Waals surface area contributed by atoms with E-state index in [1.165, 1.54) is 4.90 Å². The standard InChI is InChI=1S/C15H21NO2S/c1-11(2)14-12(9-18-15(14)16-17-3)10-19-13-7-5-4-6-8-13/h4-8,11-12,14H,9-10H2,1-3H3/b16-15-/t12-,14+/m0/s1. The lowest BCUT2D eigenvalue weighted by Gasteiger charge is -2.19. The molecule has 4 heteroatoms. The Balaban J connectivity index is 1.98. The van der Waals surface area contributed by atoms with Crippen LogP contribution in [0.1, 0.15) is 13.8 Å². The van der Waals surface area contributed by atoms with Gasteiger partial charge in [0, 0.05) is 22.5 Å². The zero-order valence-corrected chi connectivity index (χ0v) is 12.5. The first-order chi connectivity index (χ1) is 9.22. The third-order valence-corrected chi connectivity index (χ3v) is 4.55. The van der Waals surface area contributed by atoms with Crippen LogP contribution in [0.4, 0.5) is 0 Å². The van der Waals surface area contributed by atoms with Crippen LogP contribution in [0.25, 0.3) is 0 Å². The van der Waals surface area contributed by atoms with Crippen LogP contribution in [0.5, 0.6) is 0 Å². The van der Waals surface area contributed by atoms with Gasteiger partial charge in [0.1, 0.15) is 7.11 Å². The van der Waals surface area contributed by atoms with E-state index in [1.807, 2.05) is 17.8 Å². The molecule has 19 heavy (non-hydrogen) atoms. The molecule has 0 bridgehead atoms. The minimum atomic E-state index is 0.358. The first kappa shape index (κ1) is 14.3. The van der Waals surface area contributed by atoms with Crippen molar-refractivity contribution in [2.75, 3.05) is 19.5 Å². The molecule has 0 radical (unpaired) electrons. The second kappa shape index (κ2) is 6.85. The van der Waals surface area contributed by atoms with E-state index in [0.717, 1.165) is 18.3 Å². The van der Waals surface area contributed by atoms with Gasteiger partial charge in [-0.3, -0.25) is 0 Å². The average Bonchev–Trinajstić information content (AvgIpc) is 2.81. The molecule has 1 saturated heterocycles. The Kier molecular flexibility index (Phi) is 5.14. The van der Waals surface area contributed by atoms with E-state index in [9.17, 15) is 0 Å². The summed E-state index contributed by atoms with van der Waals surface area (Å²) >= 11 is 1.88. The Labute approximate surface area is 119 Å². The van der Waals surface area contributed by atoms with Crippen LogP contribution in [0, 0.1) is 17.8 Å². The molecule has 0 saturated carbocycles. The normalized spacial score (nSPS) is 24.7. The van der Waals surface area contributed by atoms with Gasteiger partial charge in [0.25, 0.3) is 0 Å². The van der Waals surface area contributed by atoms with E-state index in [2.05, 4.69) is 43.3 Å². The van der Waals surface area contributed by atoms with Crippen LogP contribution in [0.3, 0.4) is 0 Å². The number of ether oxygens (including phenoxy) is 1. The SMILES string of the molecule is CO/N=C1\OC[C@@H](CSc2ccccc2)[C@H]1C(C)C. The van der Waals surface area contributed by atoms with E-state index in [1.54, 1.807) is 7.11 Å². The van der Waals surface area contributed by atoms with Crippen LogP contribution in [0.2, 0.25) is 0 Å². The smallest absolute Gasteiger partial charge is 0.229 e. The van der Waals surface area contributed by atoms with Crippen molar-refractivity contribution in [2.45, 2.75) is 18.7 Å². The van der Waals surface area contributed by atoms with Crippen LogP contribution in [-0.2, 0) is 9.57 Å². The summed E-state index contributed by atoms with van der Waals surface area (Å²) in [5.41, 5.74) is 0. The molecule has 0 amide bonds. The Morgan fingerprint density at radius 2 is 2.11 bits per heavy atom. The summed E-state index contributed by atoms with van der Waals surface area (Å²) in [4.78, 5) is 6.18. The molecule has 2 atom stereocenters. The van der Waals surface area contributed by atoms with Crippen molar-refractivity contribution in [3.63, 3.8) is 0 Å². The quantitative estimate of drug-likeness (QED) is 0.609. The second-order valence-electron chi connectivity index (χ2n) is 5.08. The number of thioether (sulfide) groups is 1. The number of hydrogen-bond acceptors (Lipinski definition) is 4. The zero-order chi connectivity index (χ0) is 13.7. The van der Waals surface area contributed by atoms with Gasteiger partial charge in [0.05, 0.1) is 6.61 Å². The molecular weight excluding hydrogens is 258 g/mol. The molecule has 1 aliphatic rings. The van der Waals surface area contributed by atoms with Crippen LogP contribution >= 0.6 is 11.8 Å². The maximum Gasteiger partial charge on any atom is 0.229 e. The summed E-state index contributed by atoms with van der Waals surface area (Å²) in [6, 6.07) is 10.5. The number of oxime groups is 1. The summed E-state index contributed by atoms with van der Waals surface area (Å²) in [5.74, 6) is 3.18. The first-order valence-corrected chi connectivity index (χ1v) is 7.62. The predicted molar refractivity (Wildman–Crippen MR) is 79.4 cm³/mol. The van der Waals surface area contributed by atoms with E-state index >= 15 is 0 Å². The number of nitrogens with zero attached hydrogens (tertiary/aromatic N) is 1. The number of benzene rings is 1. The summed E-state index contributed by atoms with van der Waals surface area (Å²) in [5, 5.41) is 4.02. The fraction of sp³-hybridized carbons (Fsp3) is 0.533. The van der Waals surface area contributed by atoms with Gasteiger partial charge in [-0.25, -0.2) is 0 Å². The molecule has 0 N–H and O–H groups in total. The molecule has 1 aliphatic heterocycles. The highest BCUT2D eigenvalue weighted by molar-refractivity contribution is 7.99. The molecular formula is C15H21NO2S. The monoisotopic (exact) mass is 279 g/mol. The van der Waals surface area contributed by atoms with Gasteiger partial charge in [-0.05, 0) is 18.1 Å². The minimum absolute atomic E-state index is 0.358. The Bertz CT molecular complexity index is 419. The van der Waals surface area contributed by atoms with Crippen molar-refractivity contribution in [1.29, 1.82) is 0 Å². The number of hydrogen-bond donors (Lipinski definition) is 0. The van der Waals surface area contributed by atoms with Gasteiger partial charge in [-0.15, -0.1) is 11.8 Å². The van der Waals surface area contributed by atoms with Gasteiger partial charge < -0.3 is 9.57 Å². The van der Waals surface area contributed by atoms with E-state index in [-0.39, 0.29) is 0 Å². The topological polar surface area (TPSA) is 30.8 Å². The maximum atomic E-state index is 5.68. The number of rotatable bonds is 5. The van der Waals surface area contributed by atoms with Crippen molar-refractivity contribution >= 4 is 17.7 Å². The van der Waals surface area contributed by atoms with Crippen molar-refractivity contribution in [2.24, 2.45) is 22.9 Å². The van der Waals surface area contributed by atoms with Gasteiger partial charge in [0.2, 0.25) is 5.90 Å². The Morgan fingerprint density at radius 1 is 1.37 bits per heavy atom. The first-order valence-electron chi connectivity index (χ1n) is 6.64. The fourth-order valence-electron chi connectivity index (χ4n) is 2.47. The lowest BCUT2D eigenvalue weighted by Crippen LogP contribution is -2.23. The fourth-order valence-corrected chi connectivity index (χ4v) is 3.53. The highest BCUT2D eigenvalue weighted by Crippen LogP contribution is 2.34. The Hall–Kier alpha value is -1.16. The lowest BCUT2D eigenvalue weighted by atomic mass is 9.86. The molecule has 3 nitrogen and oxygen atoms in total. The molecule has 104 valence electrons. The van der Waals surface area contributed by atoms with Crippen LogP contribution in [-0.4, -0.2) is 25.4 Å². The zero-order valence-electron chi connectivity index (χ0n) is 11.7. The molecule has 1 fully saturated rings. The predicted octanol–water partition coefficient (Wildman–Crippen LogP) is 3.66. The Morgan fingerprint density at radius 3 is 2.74 bits per heavy atom. The van der Waals surface area contributed by atoms with Gasteiger partial charge in [-0.1, -0.05) is 37.2 Å². The van der Waals surface area contributed by atoms with Crippen molar-refractivity contribution in [3.05, 3.63) is 30.3 Å². The molecule has 0 aromatic heterocycles. The molecule has 1 aromatic carbocycles. The van der Waals surface area contributed by atoms with Crippen molar-refractivity contribution in [3.8, 4) is 0 Å². The van der Waals surface area contributed by atoms with Crippen LogP contribution < -0.4 is 0 Å². The van der Waals surface area contributed by atoms with Gasteiger partial charge in [0.15, 0.2) is 0 Å². The van der Waals surface area contributed by atoms with Gasteiger partial charge in [-0.2, -0.15) is 0 Å². The molecule has 0 aliphatic carbocycles. The summed E-state index contributed by atoms with van der Waals surface area (Å²) in [6.45, 7) is 5.17. The highest BCUT2D eigenvalue weighted by Gasteiger charge is 2.37. The third-order valence-electron chi connectivity index (χ3n) is 3.35. The molecule has 1 aromatic rings. The minimum Gasteiger partial charge on any atom is -0.478 e. The van der Waals surface area contributed by atoms with E-state index < -0.39 is 0 Å². The lowest BCUT2D eigenvalue weighted by molar-refractivity contribution is 0.194.